The Morgan fingerprint density at radius 3 is 2.37 bits per heavy atom. The van der Waals surface area contributed by atoms with Crippen molar-refractivity contribution >= 4 is 45.0 Å². The van der Waals surface area contributed by atoms with Gasteiger partial charge in [-0.15, -0.1) is 0 Å². The molecule has 0 radical (unpaired) electrons. The molecule has 98 valence electrons. The van der Waals surface area contributed by atoms with E-state index >= 15 is 0 Å². The molecule has 0 atom stereocenters. The fraction of sp³-hybridized carbons (Fsp3) is 0.0714. The lowest BCUT2D eigenvalue weighted by atomic mass is 10.2. The molecule has 0 aliphatic heterocycles. The van der Waals surface area contributed by atoms with Crippen LogP contribution in [0.3, 0.4) is 0 Å². The highest BCUT2D eigenvalue weighted by molar-refractivity contribution is 9.10. The molecular weight excluding hydrogens is 349 g/mol. The number of hydrogen-bond donors (Lipinski definition) is 1. The van der Waals surface area contributed by atoms with Gasteiger partial charge in [0.2, 0.25) is 0 Å². The van der Waals surface area contributed by atoms with Crippen LogP contribution in [0.1, 0.15) is 15.9 Å². The molecule has 2 aromatic rings. The summed E-state index contributed by atoms with van der Waals surface area (Å²) >= 11 is 15.3. The summed E-state index contributed by atoms with van der Waals surface area (Å²) in [6.07, 6.45) is 0. The van der Waals surface area contributed by atoms with Crippen LogP contribution in [0.25, 0.3) is 0 Å². The van der Waals surface area contributed by atoms with E-state index in [9.17, 15) is 4.79 Å². The van der Waals surface area contributed by atoms with E-state index in [4.69, 9.17) is 23.2 Å². The molecule has 0 heterocycles. The third-order valence-corrected chi connectivity index (χ3v) is 3.66. The molecule has 0 aliphatic carbocycles. The smallest absolute Gasteiger partial charge is 0.254 e. The molecular formula is C14H10BrCl2NO. The van der Waals surface area contributed by atoms with Crippen molar-refractivity contribution < 1.29 is 4.79 Å². The molecule has 0 aromatic heterocycles. The lowest BCUT2D eigenvalue weighted by Gasteiger charge is -2.08. The van der Waals surface area contributed by atoms with Crippen LogP contribution in [0.2, 0.25) is 10.0 Å². The average Bonchev–Trinajstić information content (AvgIpc) is 2.36. The Morgan fingerprint density at radius 1 is 1.11 bits per heavy atom. The number of halogens is 3. The van der Waals surface area contributed by atoms with Crippen molar-refractivity contribution in [3.05, 3.63) is 68.1 Å². The Kier molecular flexibility index (Phi) is 4.86. The number of hydrogen-bond acceptors (Lipinski definition) is 1. The van der Waals surface area contributed by atoms with Gasteiger partial charge in [-0.05, 0) is 29.8 Å². The molecule has 0 spiro atoms. The van der Waals surface area contributed by atoms with Crippen LogP contribution in [-0.4, -0.2) is 5.91 Å². The molecule has 0 unspecified atom stereocenters. The summed E-state index contributed by atoms with van der Waals surface area (Å²) in [6.45, 7) is 0.416. The largest absolute Gasteiger partial charge is 0.348 e. The van der Waals surface area contributed by atoms with Gasteiger partial charge in [-0.1, -0.05) is 57.3 Å². The van der Waals surface area contributed by atoms with Crippen LogP contribution in [-0.2, 0) is 6.54 Å². The summed E-state index contributed by atoms with van der Waals surface area (Å²) in [5, 5.41) is 3.49. The van der Waals surface area contributed by atoms with Crippen LogP contribution in [0.15, 0.2) is 46.9 Å². The number of carbonyl (C=O) groups excluding carboxylic acids is 1. The summed E-state index contributed by atoms with van der Waals surface area (Å²) < 4.78 is 0.968. The molecule has 1 amide bonds. The van der Waals surface area contributed by atoms with Crippen molar-refractivity contribution in [1.82, 2.24) is 5.32 Å². The van der Waals surface area contributed by atoms with Gasteiger partial charge >= 0.3 is 0 Å². The molecule has 1 N–H and O–H groups in total. The number of nitrogens with one attached hydrogen (secondary N) is 1. The van der Waals surface area contributed by atoms with Crippen LogP contribution >= 0.6 is 39.1 Å². The van der Waals surface area contributed by atoms with E-state index in [1.165, 1.54) is 0 Å². The normalized spacial score (nSPS) is 10.3. The molecule has 0 bridgehead atoms. The average molecular weight is 359 g/mol. The molecule has 0 saturated heterocycles. The molecule has 2 nitrogen and oxygen atoms in total. The summed E-state index contributed by atoms with van der Waals surface area (Å²) in [5.74, 6) is -0.282. The maximum Gasteiger partial charge on any atom is 0.254 e. The number of carbonyl (C=O) groups is 1. The maximum atomic E-state index is 12.1. The molecule has 2 aromatic carbocycles. The third kappa shape index (κ3) is 3.72. The minimum Gasteiger partial charge on any atom is -0.348 e. The first-order valence-corrected chi connectivity index (χ1v) is 7.09. The van der Waals surface area contributed by atoms with E-state index in [1.807, 2.05) is 24.3 Å². The lowest BCUT2D eigenvalue weighted by Crippen LogP contribution is -2.23. The Labute approximate surface area is 129 Å². The van der Waals surface area contributed by atoms with Crippen molar-refractivity contribution in [1.29, 1.82) is 0 Å². The Balaban J connectivity index is 2.10. The summed E-state index contributed by atoms with van der Waals surface area (Å²) in [7, 11) is 0. The Morgan fingerprint density at radius 2 is 1.74 bits per heavy atom. The number of rotatable bonds is 3. The van der Waals surface area contributed by atoms with Crippen LogP contribution in [0.5, 0.6) is 0 Å². The second-order valence-electron chi connectivity index (χ2n) is 3.91. The Hall–Kier alpha value is -1.03. The van der Waals surface area contributed by atoms with E-state index in [1.54, 1.807) is 18.2 Å². The van der Waals surface area contributed by atoms with Crippen molar-refractivity contribution in [2.24, 2.45) is 0 Å². The summed E-state index contributed by atoms with van der Waals surface area (Å²) in [6, 6.07) is 12.7. The fourth-order valence-corrected chi connectivity index (χ4v) is 2.65. The molecule has 19 heavy (non-hydrogen) atoms. The predicted octanol–water partition coefficient (Wildman–Crippen LogP) is 4.69. The first kappa shape index (κ1) is 14.4. The number of amides is 1. The fourth-order valence-electron chi connectivity index (χ4n) is 1.63. The zero-order valence-corrected chi connectivity index (χ0v) is 12.9. The molecule has 0 fully saturated rings. The van der Waals surface area contributed by atoms with Gasteiger partial charge < -0.3 is 5.32 Å². The second-order valence-corrected chi connectivity index (χ2v) is 5.64. The first-order valence-electron chi connectivity index (χ1n) is 5.54. The van der Waals surface area contributed by atoms with Gasteiger partial charge in [0.1, 0.15) is 0 Å². The van der Waals surface area contributed by atoms with E-state index in [0.29, 0.717) is 22.2 Å². The molecule has 2 rings (SSSR count). The standard InChI is InChI=1S/C14H10BrCl2NO/c15-10-4-1-3-9(7-10)8-18-14(19)13-11(16)5-2-6-12(13)17/h1-7H,8H2,(H,18,19). The van der Waals surface area contributed by atoms with Crippen LogP contribution in [0.4, 0.5) is 0 Å². The van der Waals surface area contributed by atoms with Gasteiger partial charge in [0.15, 0.2) is 0 Å². The van der Waals surface area contributed by atoms with Gasteiger partial charge in [0.05, 0.1) is 15.6 Å². The van der Waals surface area contributed by atoms with Crippen molar-refractivity contribution in [2.45, 2.75) is 6.54 Å². The molecule has 0 aliphatic rings. The van der Waals surface area contributed by atoms with Gasteiger partial charge in [0, 0.05) is 11.0 Å². The highest BCUT2D eigenvalue weighted by Crippen LogP contribution is 2.24. The van der Waals surface area contributed by atoms with E-state index in [0.717, 1.165) is 10.0 Å². The molecule has 0 saturated carbocycles. The molecule has 5 heteroatoms. The van der Waals surface area contributed by atoms with Crippen molar-refractivity contribution in [2.75, 3.05) is 0 Å². The summed E-state index contributed by atoms with van der Waals surface area (Å²) in [4.78, 5) is 12.1. The minimum atomic E-state index is -0.282. The highest BCUT2D eigenvalue weighted by Gasteiger charge is 2.13. The topological polar surface area (TPSA) is 29.1 Å². The van der Waals surface area contributed by atoms with Gasteiger partial charge in [-0.3, -0.25) is 4.79 Å². The lowest BCUT2D eigenvalue weighted by molar-refractivity contribution is 0.0951. The van der Waals surface area contributed by atoms with Crippen molar-refractivity contribution in [3.8, 4) is 0 Å². The number of benzene rings is 2. The van der Waals surface area contributed by atoms with Crippen LogP contribution in [0, 0.1) is 0 Å². The SMILES string of the molecule is O=C(NCc1cccc(Br)c1)c1c(Cl)cccc1Cl. The van der Waals surface area contributed by atoms with E-state index in [-0.39, 0.29) is 5.91 Å². The van der Waals surface area contributed by atoms with Gasteiger partial charge in [-0.2, -0.15) is 0 Å². The zero-order chi connectivity index (χ0) is 13.8. The quantitative estimate of drug-likeness (QED) is 0.847. The minimum absolute atomic E-state index is 0.282. The van der Waals surface area contributed by atoms with Crippen LogP contribution < -0.4 is 5.32 Å². The predicted molar refractivity (Wildman–Crippen MR) is 81.8 cm³/mol. The van der Waals surface area contributed by atoms with Gasteiger partial charge in [-0.25, -0.2) is 0 Å². The van der Waals surface area contributed by atoms with Crippen molar-refractivity contribution in [3.63, 3.8) is 0 Å². The van der Waals surface area contributed by atoms with E-state index in [2.05, 4.69) is 21.2 Å². The zero-order valence-electron chi connectivity index (χ0n) is 9.79. The highest BCUT2D eigenvalue weighted by atomic mass is 79.9. The Bertz CT molecular complexity index is 596. The third-order valence-electron chi connectivity index (χ3n) is 2.53. The second kappa shape index (κ2) is 6.42. The maximum absolute atomic E-state index is 12.1. The summed E-state index contributed by atoms with van der Waals surface area (Å²) in [5.41, 5.74) is 1.30. The first-order chi connectivity index (χ1) is 9.08. The van der Waals surface area contributed by atoms with E-state index < -0.39 is 0 Å². The van der Waals surface area contributed by atoms with Gasteiger partial charge in [0.25, 0.3) is 5.91 Å². The monoisotopic (exact) mass is 357 g/mol.